The Morgan fingerprint density at radius 3 is 1.30 bits per heavy atom. The first kappa shape index (κ1) is 50.5. The molecule has 4 aromatic carbocycles. The largest absolute Gasteiger partial charge is 0.486 e. The standard InChI is InChI=1S/C18H15Cl2F3N2O6S.C17H14Cl2F3NO5S/c1-32(29,30)25-12-3-9(2-11(6-12)18(21,22)23)8-31-16-13(19)4-10(5-14(16)20)17(28)24-7-15(26)27;1-29(26,27)23-12-3-10(2-11(7-12)17(20,21)22)8-28-16-13(18)4-9(5-14(16)19)6-15(24)25/h2-6,25H,7-8H2,1H3,(H,24,28)(H,26,27);2-5,7,23H,6,8H2,1H3,(H,24,25). The van der Waals surface area contributed by atoms with Crippen LogP contribution in [-0.2, 0) is 61.6 Å². The number of carbonyl (C=O) groups excluding carboxylic acids is 1. The average Bonchev–Trinajstić information content (AvgIpc) is 3.07. The highest BCUT2D eigenvalue weighted by atomic mass is 35.5. The molecule has 0 aliphatic heterocycles. The Bertz CT molecular complexity index is 2500. The number of anilines is 2. The molecule has 0 spiro atoms. The molecular weight excluding hydrogens is 958 g/mol. The van der Waals surface area contributed by atoms with E-state index in [1.54, 1.807) is 0 Å². The fourth-order valence-corrected chi connectivity index (χ4v) is 7.18. The number of ether oxygens (including phenoxy) is 2. The van der Waals surface area contributed by atoms with E-state index in [0.717, 1.165) is 42.8 Å². The van der Waals surface area contributed by atoms with Crippen LogP contribution in [0.2, 0.25) is 20.1 Å². The second kappa shape index (κ2) is 20.3. The molecule has 0 aliphatic rings. The van der Waals surface area contributed by atoms with Crippen molar-refractivity contribution in [3.63, 3.8) is 0 Å². The average molecular weight is 988 g/mol. The van der Waals surface area contributed by atoms with Crippen molar-refractivity contribution >= 4 is 95.7 Å². The summed E-state index contributed by atoms with van der Waals surface area (Å²) in [7, 11) is -7.63. The van der Waals surface area contributed by atoms with Crippen LogP contribution >= 0.6 is 46.4 Å². The molecule has 5 N–H and O–H groups in total. The highest BCUT2D eigenvalue weighted by Crippen LogP contribution is 2.38. The van der Waals surface area contributed by atoms with Gasteiger partial charge in [-0.2, -0.15) is 26.3 Å². The molecule has 332 valence electrons. The maximum Gasteiger partial charge on any atom is 0.416 e. The van der Waals surface area contributed by atoms with Gasteiger partial charge in [-0.05, 0) is 77.4 Å². The predicted octanol–water partition coefficient (Wildman–Crippen LogP) is 8.37. The van der Waals surface area contributed by atoms with Crippen molar-refractivity contribution in [3.8, 4) is 11.5 Å². The van der Waals surface area contributed by atoms with Gasteiger partial charge < -0.3 is 25.0 Å². The third-order valence-electron chi connectivity index (χ3n) is 7.09. The Labute approximate surface area is 362 Å². The highest BCUT2D eigenvalue weighted by Gasteiger charge is 2.33. The maximum atomic E-state index is 13.2. The lowest BCUT2D eigenvalue weighted by atomic mass is 10.1. The zero-order chi connectivity index (χ0) is 46.2. The summed E-state index contributed by atoms with van der Waals surface area (Å²) in [5, 5.41) is 19.2. The summed E-state index contributed by atoms with van der Waals surface area (Å²) in [4.78, 5) is 33.2. The lowest BCUT2D eigenvalue weighted by molar-refractivity contribution is -0.138. The van der Waals surface area contributed by atoms with E-state index >= 15 is 0 Å². The summed E-state index contributed by atoms with van der Waals surface area (Å²) < 4.78 is 139. The Morgan fingerprint density at radius 2 is 0.967 bits per heavy atom. The number of carboxylic acid groups (broad SMARTS) is 2. The number of hydrogen-bond donors (Lipinski definition) is 5. The van der Waals surface area contributed by atoms with E-state index in [-0.39, 0.29) is 66.1 Å². The van der Waals surface area contributed by atoms with Gasteiger partial charge in [0.15, 0.2) is 11.5 Å². The van der Waals surface area contributed by atoms with Crippen LogP contribution in [0.1, 0.15) is 38.2 Å². The van der Waals surface area contributed by atoms with Crippen molar-refractivity contribution in [1.29, 1.82) is 0 Å². The minimum absolute atomic E-state index is 0.00715. The number of carboxylic acids is 2. The van der Waals surface area contributed by atoms with Gasteiger partial charge in [-0.15, -0.1) is 0 Å². The van der Waals surface area contributed by atoms with Gasteiger partial charge in [-0.3, -0.25) is 23.8 Å². The molecule has 0 bridgehead atoms. The van der Waals surface area contributed by atoms with Gasteiger partial charge in [0.05, 0.1) is 50.1 Å². The van der Waals surface area contributed by atoms with E-state index in [9.17, 15) is 57.6 Å². The first-order valence-electron chi connectivity index (χ1n) is 16.2. The van der Waals surface area contributed by atoms with Crippen LogP contribution < -0.4 is 24.2 Å². The van der Waals surface area contributed by atoms with Crippen molar-refractivity contribution in [1.82, 2.24) is 5.32 Å². The topological polar surface area (TPSA) is 214 Å². The number of benzene rings is 4. The van der Waals surface area contributed by atoms with Crippen LogP contribution in [0.25, 0.3) is 0 Å². The molecular formula is C35H29Cl4F6N3O11S2. The first-order chi connectivity index (χ1) is 27.9. The number of alkyl halides is 6. The van der Waals surface area contributed by atoms with Crippen LogP contribution in [0.15, 0.2) is 60.7 Å². The minimum atomic E-state index is -4.75. The van der Waals surface area contributed by atoms with Gasteiger partial charge in [-0.25, -0.2) is 16.8 Å². The molecule has 0 aliphatic carbocycles. The van der Waals surface area contributed by atoms with Crippen LogP contribution in [0, 0.1) is 0 Å². The molecule has 0 unspecified atom stereocenters. The van der Waals surface area contributed by atoms with Gasteiger partial charge in [0, 0.05) is 16.9 Å². The molecule has 0 atom stereocenters. The molecule has 61 heavy (non-hydrogen) atoms. The van der Waals surface area contributed by atoms with Gasteiger partial charge >= 0.3 is 24.3 Å². The molecule has 0 aromatic heterocycles. The molecule has 0 saturated heterocycles. The van der Waals surface area contributed by atoms with Crippen molar-refractivity contribution in [2.24, 2.45) is 0 Å². The van der Waals surface area contributed by atoms with E-state index in [1.165, 1.54) is 18.2 Å². The molecule has 26 heteroatoms. The van der Waals surface area contributed by atoms with Crippen molar-refractivity contribution < 1.29 is 77.2 Å². The van der Waals surface area contributed by atoms with E-state index < -0.39 is 81.1 Å². The minimum Gasteiger partial charge on any atom is -0.486 e. The second-order valence-corrected chi connectivity index (χ2v) is 17.6. The predicted molar refractivity (Wildman–Crippen MR) is 213 cm³/mol. The van der Waals surface area contributed by atoms with Crippen LogP contribution in [-0.4, -0.2) is 64.0 Å². The molecule has 1 amide bonds. The number of aliphatic carboxylic acids is 2. The lowest BCUT2D eigenvalue weighted by Crippen LogP contribution is -2.29. The normalized spacial score (nSPS) is 11.8. The fraction of sp³-hybridized carbons (Fsp3) is 0.229. The number of amides is 1. The van der Waals surface area contributed by atoms with Gasteiger partial charge in [0.2, 0.25) is 20.0 Å². The zero-order valence-electron chi connectivity index (χ0n) is 30.8. The van der Waals surface area contributed by atoms with Crippen molar-refractivity contribution in [2.45, 2.75) is 32.0 Å². The summed E-state index contributed by atoms with van der Waals surface area (Å²) in [5.74, 6) is -3.31. The number of rotatable bonds is 15. The first-order valence-corrected chi connectivity index (χ1v) is 21.5. The summed E-state index contributed by atoms with van der Waals surface area (Å²) in [6, 6.07) is 10.1. The monoisotopic (exact) mass is 985 g/mol. The van der Waals surface area contributed by atoms with Crippen LogP contribution in [0.4, 0.5) is 37.7 Å². The molecule has 0 radical (unpaired) electrons. The van der Waals surface area contributed by atoms with E-state index in [1.807, 2.05) is 9.44 Å². The number of carbonyl (C=O) groups is 3. The molecule has 0 saturated carbocycles. The van der Waals surface area contributed by atoms with E-state index in [4.69, 9.17) is 66.1 Å². The quantitative estimate of drug-likeness (QED) is 0.0714. The Kier molecular flexibility index (Phi) is 16.8. The molecule has 4 rings (SSSR count). The Morgan fingerprint density at radius 1 is 0.590 bits per heavy atom. The smallest absolute Gasteiger partial charge is 0.416 e. The summed E-state index contributed by atoms with van der Waals surface area (Å²) in [6.45, 7) is -1.50. The third-order valence-corrected chi connectivity index (χ3v) is 9.42. The fourth-order valence-electron chi connectivity index (χ4n) is 4.85. The number of nitrogens with one attached hydrogen (secondary N) is 3. The Hall–Kier alpha value is -4.87. The molecule has 0 heterocycles. The molecule has 0 fully saturated rings. The van der Waals surface area contributed by atoms with Gasteiger partial charge in [0.25, 0.3) is 5.91 Å². The van der Waals surface area contributed by atoms with E-state index in [0.29, 0.717) is 17.7 Å². The number of hydrogen-bond acceptors (Lipinski definition) is 9. The van der Waals surface area contributed by atoms with Crippen molar-refractivity contribution in [2.75, 3.05) is 28.5 Å². The van der Waals surface area contributed by atoms with E-state index in [2.05, 4.69) is 5.32 Å². The Balaban J connectivity index is 0.000000327. The third kappa shape index (κ3) is 16.8. The summed E-state index contributed by atoms with van der Waals surface area (Å²) in [6.07, 6.45) is -8.19. The SMILES string of the molecule is CS(=O)(=O)Nc1cc(COc2c(Cl)cc(C(=O)NCC(=O)O)cc2Cl)cc(C(F)(F)F)c1.CS(=O)(=O)Nc1cc(COc2c(Cl)cc(CC(=O)O)cc2Cl)cc(C(F)(F)F)c1. The number of sulfonamides is 2. The summed E-state index contributed by atoms with van der Waals surface area (Å²) in [5.41, 5.74) is -2.55. The van der Waals surface area contributed by atoms with Crippen LogP contribution in [0.3, 0.4) is 0 Å². The number of halogens is 10. The van der Waals surface area contributed by atoms with Gasteiger partial charge in [-0.1, -0.05) is 46.4 Å². The van der Waals surface area contributed by atoms with Crippen LogP contribution in [0.5, 0.6) is 11.5 Å². The zero-order valence-corrected chi connectivity index (χ0v) is 35.4. The maximum absolute atomic E-state index is 13.2. The molecule has 4 aromatic rings. The lowest BCUT2D eigenvalue weighted by Gasteiger charge is -2.15. The molecule has 14 nitrogen and oxygen atoms in total. The second-order valence-electron chi connectivity index (χ2n) is 12.5. The highest BCUT2D eigenvalue weighted by molar-refractivity contribution is 7.92. The van der Waals surface area contributed by atoms with Crippen molar-refractivity contribution in [3.05, 3.63) is 114 Å². The van der Waals surface area contributed by atoms with Gasteiger partial charge in [0.1, 0.15) is 19.8 Å². The summed E-state index contributed by atoms with van der Waals surface area (Å²) >= 11 is 24.2.